The number of hydrogen-bond donors (Lipinski definition) is 0. The summed E-state index contributed by atoms with van der Waals surface area (Å²) in [7, 11) is 0. The van der Waals surface area contributed by atoms with Gasteiger partial charge in [-0.15, -0.1) is 0 Å². The summed E-state index contributed by atoms with van der Waals surface area (Å²) >= 11 is 0. The van der Waals surface area contributed by atoms with Gasteiger partial charge in [-0.3, -0.25) is 4.90 Å². The van der Waals surface area contributed by atoms with Gasteiger partial charge in [-0.2, -0.15) is 0 Å². The highest BCUT2D eigenvalue weighted by atomic mass is 16.6. The zero-order chi connectivity index (χ0) is 17.2. The van der Waals surface area contributed by atoms with Gasteiger partial charge >= 0.3 is 12.1 Å². The zero-order valence-electron chi connectivity index (χ0n) is 13.7. The van der Waals surface area contributed by atoms with Crippen LogP contribution in [0.15, 0.2) is 60.7 Å². The maximum absolute atomic E-state index is 12.8. The molecule has 2 aromatic rings. The number of carbonyl (C=O) groups excluding carboxylic acids is 2. The molecule has 0 aliphatic carbocycles. The van der Waals surface area contributed by atoms with Gasteiger partial charge < -0.3 is 9.47 Å². The summed E-state index contributed by atoms with van der Waals surface area (Å²) in [5.74, 6) is -0.380. The Labute approximate surface area is 146 Å². The topological polar surface area (TPSA) is 55.8 Å². The van der Waals surface area contributed by atoms with E-state index in [9.17, 15) is 9.59 Å². The third-order valence-corrected chi connectivity index (χ3v) is 4.75. The Balaban J connectivity index is 1.58. The molecule has 5 heteroatoms. The van der Waals surface area contributed by atoms with E-state index in [1.165, 1.54) is 4.90 Å². The lowest BCUT2D eigenvalue weighted by molar-refractivity contribution is -0.153. The summed E-state index contributed by atoms with van der Waals surface area (Å²) in [4.78, 5) is 26.2. The highest BCUT2D eigenvalue weighted by molar-refractivity contribution is 5.83. The Bertz CT molecular complexity index is 722. The van der Waals surface area contributed by atoms with E-state index in [1.807, 2.05) is 60.7 Å². The Morgan fingerprint density at radius 1 is 1.00 bits per heavy atom. The van der Waals surface area contributed by atoms with Gasteiger partial charge in [0.1, 0.15) is 12.1 Å². The lowest BCUT2D eigenvalue weighted by atomic mass is 10.00. The smallest absolute Gasteiger partial charge is 0.410 e. The van der Waals surface area contributed by atoms with Crippen molar-refractivity contribution in [2.45, 2.75) is 31.1 Å². The maximum atomic E-state index is 12.8. The molecule has 2 aliphatic heterocycles. The fraction of sp³-hybridized carbons (Fsp3) is 0.300. The molecule has 2 heterocycles. The van der Waals surface area contributed by atoms with Crippen molar-refractivity contribution in [3.8, 4) is 0 Å². The number of piperidine rings is 1. The highest BCUT2D eigenvalue weighted by Gasteiger charge is 2.45. The summed E-state index contributed by atoms with van der Waals surface area (Å²) in [5, 5.41) is 0. The van der Waals surface area contributed by atoms with Crippen molar-refractivity contribution in [2.24, 2.45) is 0 Å². The number of benzene rings is 2. The second-order valence-corrected chi connectivity index (χ2v) is 6.39. The maximum Gasteiger partial charge on any atom is 0.410 e. The van der Waals surface area contributed by atoms with E-state index >= 15 is 0 Å². The average Bonchev–Trinajstić information content (AvgIpc) is 2.95. The molecule has 0 spiro atoms. The minimum Gasteiger partial charge on any atom is -0.451 e. The molecule has 0 unspecified atom stereocenters. The number of amides is 1. The van der Waals surface area contributed by atoms with Crippen molar-refractivity contribution in [3.05, 3.63) is 71.8 Å². The highest BCUT2D eigenvalue weighted by Crippen LogP contribution is 2.31. The van der Waals surface area contributed by atoms with Crippen LogP contribution < -0.4 is 0 Å². The number of hydrogen-bond acceptors (Lipinski definition) is 4. The van der Waals surface area contributed by atoms with Crippen molar-refractivity contribution in [2.75, 3.05) is 6.54 Å². The van der Waals surface area contributed by atoms with Crippen molar-refractivity contribution in [3.63, 3.8) is 0 Å². The van der Waals surface area contributed by atoms with Crippen LogP contribution in [0.2, 0.25) is 0 Å². The summed E-state index contributed by atoms with van der Waals surface area (Å²) in [6.45, 7) is 0.472. The number of esters is 1. The molecule has 25 heavy (non-hydrogen) atoms. The molecule has 128 valence electrons. The third kappa shape index (κ3) is 3.09. The predicted octanol–water partition coefficient (Wildman–Crippen LogP) is 3.30. The minimum absolute atomic E-state index is 0.0874. The first-order valence-corrected chi connectivity index (χ1v) is 8.50. The van der Waals surface area contributed by atoms with Crippen LogP contribution in [0, 0.1) is 0 Å². The van der Waals surface area contributed by atoms with Gasteiger partial charge in [0.25, 0.3) is 0 Å². The standard InChI is InChI=1S/C20H19NO4/c22-19(17-12-11-16-13-21(17)20(23)24-16)25-18(14-7-3-1-4-8-14)15-9-5-2-6-10-15/h1-10,16-18H,11-13H2/t16-,17+/m1/s1. The van der Waals surface area contributed by atoms with E-state index in [2.05, 4.69) is 0 Å². The lowest BCUT2D eigenvalue weighted by Gasteiger charge is -2.29. The van der Waals surface area contributed by atoms with Gasteiger partial charge in [0, 0.05) is 0 Å². The molecule has 2 atom stereocenters. The first-order chi connectivity index (χ1) is 12.2. The van der Waals surface area contributed by atoms with Crippen LogP contribution in [0.25, 0.3) is 0 Å². The molecular weight excluding hydrogens is 318 g/mol. The molecular formula is C20H19NO4. The predicted molar refractivity (Wildman–Crippen MR) is 90.8 cm³/mol. The van der Waals surface area contributed by atoms with E-state index < -0.39 is 18.2 Å². The zero-order valence-corrected chi connectivity index (χ0v) is 13.7. The second-order valence-electron chi connectivity index (χ2n) is 6.39. The Hall–Kier alpha value is -2.82. The summed E-state index contributed by atoms with van der Waals surface area (Å²) in [6, 6.07) is 18.7. The Morgan fingerprint density at radius 2 is 1.60 bits per heavy atom. The molecule has 5 nitrogen and oxygen atoms in total. The SMILES string of the molecule is O=C(OC(c1ccccc1)c1ccccc1)[C@@H]1CC[C@@H]2CN1C(=O)O2. The normalized spacial score (nSPS) is 22.0. The van der Waals surface area contributed by atoms with E-state index in [1.54, 1.807) is 0 Å². The van der Waals surface area contributed by atoms with Gasteiger partial charge in [-0.05, 0) is 24.0 Å². The number of carbonyl (C=O) groups is 2. The minimum atomic E-state index is -0.568. The largest absolute Gasteiger partial charge is 0.451 e. The van der Waals surface area contributed by atoms with E-state index in [4.69, 9.17) is 9.47 Å². The molecule has 0 radical (unpaired) electrons. The number of ether oxygens (including phenoxy) is 2. The quantitative estimate of drug-likeness (QED) is 0.803. The molecule has 2 fully saturated rings. The Kier molecular flexibility index (Phi) is 4.14. The van der Waals surface area contributed by atoms with Crippen LogP contribution in [0.5, 0.6) is 0 Å². The fourth-order valence-electron chi connectivity index (χ4n) is 3.47. The first-order valence-electron chi connectivity index (χ1n) is 8.50. The van der Waals surface area contributed by atoms with Gasteiger partial charge in [0.15, 0.2) is 6.10 Å². The number of nitrogens with zero attached hydrogens (tertiary/aromatic N) is 1. The van der Waals surface area contributed by atoms with Crippen LogP contribution in [-0.4, -0.2) is 35.7 Å². The summed E-state index contributed by atoms with van der Waals surface area (Å²) in [5.41, 5.74) is 1.81. The number of fused-ring (bicyclic) bond motifs is 2. The average molecular weight is 337 g/mol. The van der Waals surface area contributed by atoms with Gasteiger partial charge in [0.05, 0.1) is 6.54 Å². The van der Waals surface area contributed by atoms with Crippen LogP contribution in [0.4, 0.5) is 4.79 Å². The van der Waals surface area contributed by atoms with Crippen LogP contribution in [-0.2, 0) is 14.3 Å². The van der Waals surface area contributed by atoms with E-state index in [0.29, 0.717) is 19.4 Å². The summed E-state index contributed by atoms with van der Waals surface area (Å²) < 4.78 is 11.1. The van der Waals surface area contributed by atoms with Gasteiger partial charge in [0.2, 0.25) is 0 Å². The second kappa shape index (κ2) is 6.59. The van der Waals surface area contributed by atoms with Crippen LogP contribution >= 0.6 is 0 Å². The molecule has 2 aliphatic rings. The molecule has 2 aromatic carbocycles. The fourth-order valence-corrected chi connectivity index (χ4v) is 3.47. The van der Waals surface area contributed by atoms with Crippen molar-refractivity contribution in [1.82, 2.24) is 4.90 Å². The van der Waals surface area contributed by atoms with E-state index in [0.717, 1.165) is 11.1 Å². The molecule has 2 bridgehead atoms. The van der Waals surface area contributed by atoms with Crippen LogP contribution in [0.3, 0.4) is 0 Å². The van der Waals surface area contributed by atoms with Gasteiger partial charge in [-0.25, -0.2) is 9.59 Å². The van der Waals surface area contributed by atoms with Crippen molar-refractivity contribution in [1.29, 1.82) is 0 Å². The van der Waals surface area contributed by atoms with Crippen LogP contribution in [0.1, 0.15) is 30.1 Å². The third-order valence-electron chi connectivity index (χ3n) is 4.75. The van der Waals surface area contributed by atoms with Gasteiger partial charge in [-0.1, -0.05) is 60.7 Å². The summed E-state index contributed by atoms with van der Waals surface area (Å²) in [6.07, 6.45) is 0.275. The monoisotopic (exact) mass is 337 g/mol. The molecule has 1 amide bonds. The molecule has 4 rings (SSSR count). The lowest BCUT2D eigenvalue weighted by Crippen LogP contribution is -2.46. The Morgan fingerprint density at radius 3 is 2.20 bits per heavy atom. The van der Waals surface area contributed by atoms with E-state index in [-0.39, 0.29) is 12.1 Å². The molecule has 0 saturated carbocycles. The van der Waals surface area contributed by atoms with Crippen molar-refractivity contribution < 1.29 is 19.1 Å². The molecule has 0 aromatic heterocycles. The molecule has 0 N–H and O–H groups in total. The first kappa shape index (κ1) is 15.7. The number of rotatable bonds is 4. The van der Waals surface area contributed by atoms with Crippen molar-refractivity contribution >= 4 is 12.1 Å². The molecule has 2 saturated heterocycles.